The molecule has 0 aromatic heterocycles. The Labute approximate surface area is 96.8 Å². The maximum atomic E-state index is 5.80. The number of benzene rings is 1. The molecule has 88 valence electrons. The second-order valence-electron chi connectivity index (χ2n) is 4.08. The molecule has 3 nitrogen and oxygen atoms in total. The molecule has 0 saturated carbocycles. The highest BCUT2D eigenvalue weighted by atomic mass is 16.5. The van der Waals surface area contributed by atoms with Crippen LogP contribution in [-0.4, -0.2) is 32.4 Å². The Balaban J connectivity index is 1.77. The molecule has 0 bridgehead atoms. The Bertz CT molecular complexity index is 296. The summed E-state index contributed by atoms with van der Waals surface area (Å²) in [7, 11) is 0. The fourth-order valence-electron chi connectivity index (χ4n) is 1.80. The van der Waals surface area contributed by atoms with Crippen LogP contribution in [0.25, 0.3) is 0 Å². The number of rotatable bonds is 4. The van der Waals surface area contributed by atoms with Gasteiger partial charge in [0.05, 0.1) is 25.4 Å². The summed E-state index contributed by atoms with van der Waals surface area (Å²) >= 11 is 0. The van der Waals surface area contributed by atoms with Crippen LogP contribution in [0.3, 0.4) is 0 Å². The summed E-state index contributed by atoms with van der Waals surface area (Å²) in [5.74, 6) is 0. The van der Waals surface area contributed by atoms with Crippen molar-refractivity contribution in [3.63, 3.8) is 0 Å². The number of hydrogen-bond acceptors (Lipinski definition) is 3. The average Bonchev–Trinajstić information content (AvgIpc) is 2.38. The van der Waals surface area contributed by atoms with E-state index < -0.39 is 0 Å². The van der Waals surface area contributed by atoms with Gasteiger partial charge in [-0.25, -0.2) is 0 Å². The van der Waals surface area contributed by atoms with Crippen molar-refractivity contribution in [3.8, 4) is 0 Å². The number of nitrogens with one attached hydrogen (secondary N) is 1. The second-order valence-corrected chi connectivity index (χ2v) is 4.08. The van der Waals surface area contributed by atoms with Crippen molar-refractivity contribution in [1.82, 2.24) is 5.32 Å². The summed E-state index contributed by atoms with van der Waals surface area (Å²) in [6, 6.07) is 10.3. The highest BCUT2D eigenvalue weighted by molar-refractivity contribution is 5.16. The van der Waals surface area contributed by atoms with Crippen molar-refractivity contribution >= 4 is 0 Å². The van der Waals surface area contributed by atoms with E-state index in [4.69, 9.17) is 9.47 Å². The van der Waals surface area contributed by atoms with Crippen molar-refractivity contribution in [2.75, 3.05) is 26.3 Å². The van der Waals surface area contributed by atoms with E-state index in [9.17, 15) is 0 Å². The zero-order valence-corrected chi connectivity index (χ0v) is 9.69. The van der Waals surface area contributed by atoms with Crippen LogP contribution in [0.1, 0.15) is 18.6 Å². The highest BCUT2D eigenvalue weighted by Gasteiger charge is 2.15. The third kappa shape index (κ3) is 3.30. The van der Waals surface area contributed by atoms with E-state index in [1.54, 1.807) is 0 Å². The summed E-state index contributed by atoms with van der Waals surface area (Å²) in [5.41, 5.74) is 1.21. The lowest BCUT2D eigenvalue weighted by atomic mass is 10.1. The Morgan fingerprint density at radius 3 is 2.94 bits per heavy atom. The first kappa shape index (κ1) is 11.6. The molecule has 1 aromatic carbocycles. The van der Waals surface area contributed by atoms with E-state index in [-0.39, 0.29) is 12.2 Å². The summed E-state index contributed by atoms with van der Waals surface area (Å²) < 4.78 is 11.4. The number of ether oxygens (including phenoxy) is 2. The molecule has 2 unspecified atom stereocenters. The van der Waals surface area contributed by atoms with Gasteiger partial charge in [0.15, 0.2) is 0 Å². The molecule has 0 amide bonds. The summed E-state index contributed by atoms with van der Waals surface area (Å²) in [5, 5.41) is 3.29. The first-order chi connectivity index (χ1) is 7.86. The lowest BCUT2D eigenvalue weighted by Gasteiger charge is -2.25. The van der Waals surface area contributed by atoms with Gasteiger partial charge in [0, 0.05) is 13.1 Å². The minimum absolute atomic E-state index is 0.131. The van der Waals surface area contributed by atoms with Crippen LogP contribution in [0.2, 0.25) is 0 Å². The Morgan fingerprint density at radius 1 is 1.44 bits per heavy atom. The molecular weight excluding hydrogens is 202 g/mol. The van der Waals surface area contributed by atoms with Gasteiger partial charge in [-0.1, -0.05) is 30.3 Å². The summed E-state index contributed by atoms with van der Waals surface area (Å²) in [6.07, 6.45) is 0.326. The van der Waals surface area contributed by atoms with E-state index in [0.717, 1.165) is 19.7 Å². The highest BCUT2D eigenvalue weighted by Crippen LogP contribution is 2.16. The van der Waals surface area contributed by atoms with E-state index in [1.165, 1.54) is 5.56 Å². The zero-order valence-electron chi connectivity index (χ0n) is 9.69. The van der Waals surface area contributed by atoms with Gasteiger partial charge in [-0.3, -0.25) is 0 Å². The normalized spacial score (nSPS) is 22.9. The first-order valence-corrected chi connectivity index (χ1v) is 5.85. The van der Waals surface area contributed by atoms with Crippen LogP contribution in [0.5, 0.6) is 0 Å². The van der Waals surface area contributed by atoms with Gasteiger partial charge in [-0.15, -0.1) is 0 Å². The Morgan fingerprint density at radius 2 is 2.25 bits per heavy atom. The van der Waals surface area contributed by atoms with Gasteiger partial charge >= 0.3 is 0 Å². The van der Waals surface area contributed by atoms with Crippen LogP contribution in [0, 0.1) is 0 Å². The SMILES string of the molecule is CC(OCC1CNCCO1)c1ccccc1. The molecule has 2 rings (SSSR count). The van der Waals surface area contributed by atoms with Gasteiger partial charge in [-0.2, -0.15) is 0 Å². The van der Waals surface area contributed by atoms with Crippen LogP contribution < -0.4 is 5.32 Å². The van der Waals surface area contributed by atoms with Gasteiger partial charge in [0.25, 0.3) is 0 Å². The van der Waals surface area contributed by atoms with Crippen molar-refractivity contribution in [3.05, 3.63) is 35.9 Å². The molecule has 0 aliphatic carbocycles. The van der Waals surface area contributed by atoms with Crippen LogP contribution in [-0.2, 0) is 9.47 Å². The molecule has 1 N–H and O–H groups in total. The lowest BCUT2D eigenvalue weighted by Crippen LogP contribution is -2.41. The maximum Gasteiger partial charge on any atom is 0.0933 e. The van der Waals surface area contributed by atoms with E-state index in [2.05, 4.69) is 24.4 Å². The molecule has 1 fully saturated rings. The number of morpholine rings is 1. The maximum absolute atomic E-state index is 5.80. The predicted molar refractivity (Wildman–Crippen MR) is 63.4 cm³/mol. The Hall–Kier alpha value is -0.900. The van der Waals surface area contributed by atoms with Crippen LogP contribution in [0.15, 0.2) is 30.3 Å². The zero-order chi connectivity index (χ0) is 11.2. The van der Waals surface area contributed by atoms with E-state index >= 15 is 0 Å². The molecule has 3 heteroatoms. The largest absolute Gasteiger partial charge is 0.373 e. The quantitative estimate of drug-likeness (QED) is 0.840. The van der Waals surface area contributed by atoms with Gasteiger partial charge in [0.1, 0.15) is 0 Å². The minimum Gasteiger partial charge on any atom is -0.373 e. The first-order valence-electron chi connectivity index (χ1n) is 5.85. The van der Waals surface area contributed by atoms with Crippen LogP contribution in [0.4, 0.5) is 0 Å². The molecule has 1 aliphatic heterocycles. The van der Waals surface area contributed by atoms with Crippen molar-refractivity contribution in [2.24, 2.45) is 0 Å². The standard InChI is InChI=1S/C13H19NO2/c1-11(12-5-3-2-4-6-12)16-10-13-9-14-7-8-15-13/h2-6,11,13-14H,7-10H2,1H3. The minimum atomic E-state index is 0.131. The van der Waals surface area contributed by atoms with Gasteiger partial charge in [-0.05, 0) is 12.5 Å². The van der Waals surface area contributed by atoms with Crippen molar-refractivity contribution in [2.45, 2.75) is 19.1 Å². The molecule has 0 spiro atoms. The monoisotopic (exact) mass is 221 g/mol. The van der Waals surface area contributed by atoms with Crippen LogP contribution >= 0.6 is 0 Å². The van der Waals surface area contributed by atoms with Crippen molar-refractivity contribution in [1.29, 1.82) is 0 Å². The molecule has 1 saturated heterocycles. The topological polar surface area (TPSA) is 30.5 Å². The summed E-state index contributed by atoms with van der Waals surface area (Å²) in [6.45, 7) is 5.36. The third-order valence-corrected chi connectivity index (χ3v) is 2.81. The van der Waals surface area contributed by atoms with Crippen molar-refractivity contribution < 1.29 is 9.47 Å². The third-order valence-electron chi connectivity index (χ3n) is 2.81. The molecule has 0 radical (unpaired) electrons. The molecule has 2 atom stereocenters. The fraction of sp³-hybridized carbons (Fsp3) is 0.538. The fourth-order valence-corrected chi connectivity index (χ4v) is 1.80. The number of hydrogen-bond donors (Lipinski definition) is 1. The van der Waals surface area contributed by atoms with E-state index in [1.807, 2.05) is 18.2 Å². The Kier molecular flexibility index (Phi) is 4.34. The molecule has 1 aliphatic rings. The second kappa shape index (κ2) is 5.99. The summed E-state index contributed by atoms with van der Waals surface area (Å²) in [4.78, 5) is 0. The van der Waals surface area contributed by atoms with E-state index in [0.29, 0.717) is 6.61 Å². The smallest absolute Gasteiger partial charge is 0.0933 e. The molecule has 1 heterocycles. The average molecular weight is 221 g/mol. The molecular formula is C13H19NO2. The molecule has 16 heavy (non-hydrogen) atoms. The predicted octanol–water partition coefficient (Wildman–Crippen LogP) is 1.75. The van der Waals surface area contributed by atoms with Gasteiger partial charge in [0.2, 0.25) is 0 Å². The van der Waals surface area contributed by atoms with Gasteiger partial charge < -0.3 is 14.8 Å². The lowest BCUT2D eigenvalue weighted by molar-refractivity contribution is -0.0520. The molecule has 1 aromatic rings.